The smallest absolute Gasteiger partial charge is 0.197 e. The number of benzene rings is 2. The van der Waals surface area contributed by atoms with Gasteiger partial charge in [-0.15, -0.1) is 11.3 Å². The number of hydrogen-bond acceptors (Lipinski definition) is 5. The second-order valence-corrected chi connectivity index (χ2v) is 7.65. The molecule has 0 radical (unpaired) electrons. The van der Waals surface area contributed by atoms with Crippen LogP contribution in [-0.4, -0.2) is 42.8 Å². The molecule has 3 rings (SSSR count). The molecule has 0 spiro atoms. The van der Waals surface area contributed by atoms with Crippen molar-refractivity contribution in [1.29, 1.82) is 0 Å². The summed E-state index contributed by atoms with van der Waals surface area (Å²) < 4.78 is 2.07. The van der Waals surface area contributed by atoms with Crippen LogP contribution in [0.1, 0.15) is 12.5 Å². The van der Waals surface area contributed by atoms with E-state index in [1.807, 2.05) is 44.3 Å². The number of rotatable bonds is 6. The summed E-state index contributed by atoms with van der Waals surface area (Å²) in [6, 6.07) is 11.8. The molecule has 1 heterocycles. The number of nitrogens with zero attached hydrogens (tertiary/aromatic N) is 1. The normalized spacial score (nSPS) is 12.8. The molecule has 0 amide bonds. The van der Waals surface area contributed by atoms with Gasteiger partial charge in [-0.1, -0.05) is 18.2 Å². The summed E-state index contributed by atoms with van der Waals surface area (Å²) >= 11 is 1.67. The average molecular weight is 356 g/mol. The molecule has 0 aliphatic heterocycles. The Kier molecular flexibility index (Phi) is 5.37. The molecule has 1 aromatic heterocycles. The van der Waals surface area contributed by atoms with Crippen LogP contribution >= 0.6 is 11.3 Å². The van der Waals surface area contributed by atoms with E-state index in [1.165, 1.54) is 0 Å². The third-order valence-electron chi connectivity index (χ3n) is 4.31. The molecule has 25 heavy (non-hydrogen) atoms. The molecule has 0 fully saturated rings. The van der Waals surface area contributed by atoms with E-state index in [2.05, 4.69) is 16.3 Å². The van der Waals surface area contributed by atoms with Gasteiger partial charge in [0.2, 0.25) is 0 Å². The Balaban J connectivity index is 1.95. The molecule has 4 nitrogen and oxygen atoms in total. The van der Waals surface area contributed by atoms with Crippen LogP contribution in [0.5, 0.6) is 0 Å². The van der Waals surface area contributed by atoms with Gasteiger partial charge in [0.25, 0.3) is 0 Å². The predicted octanol–water partition coefficient (Wildman–Crippen LogP) is 3.45. The lowest BCUT2D eigenvalue weighted by molar-refractivity contribution is 0.143. The highest BCUT2D eigenvalue weighted by atomic mass is 32.1. The maximum atomic E-state index is 13.0. The Morgan fingerprint density at radius 1 is 1.24 bits per heavy atom. The number of fused-ring (bicyclic) bond motifs is 2. The summed E-state index contributed by atoms with van der Waals surface area (Å²) in [6.07, 6.45) is -0.341. The van der Waals surface area contributed by atoms with Crippen LogP contribution in [0.15, 0.2) is 41.2 Å². The largest absolute Gasteiger partial charge is 0.392 e. The SMILES string of the molecule is Cc1ccc(NCCN(C)C[C@H](C)O)c2c(=O)c3ccccc3sc12. The van der Waals surface area contributed by atoms with Crippen molar-refractivity contribution >= 4 is 37.2 Å². The van der Waals surface area contributed by atoms with Crippen molar-refractivity contribution in [2.75, 3.05) is 32.0 Å². The van der Waals surface area contributed by atoms with Crippen LogP contribution in [0.25, 0.3) is 20.2 Å². The van der Waals surface area contributed by atoms with Gasteiger partial charge in [0.05, 0.1) is 11.5 Å². The molecule has 0 saturated heterocycles. The summed E-state index contributed by atoms with van der Waals surface area (Å²) in [4.78, 5) is 15.1. The van der Waals surface area contributed by atoms with Crippen molar-refractivity contribution in [3.63, 3.8) is 0 Å². The number of hydrogen-bond donors (Lipinski definition) is 2. The zero-order valence-corrected chi connectivity index (χ0v) is 15.7. The first-order valence-corrected chi connectivity index (χ1v) is 9.34. The molecule has 0 bridgehead atoms. The van der Waals surface area contributed by atoms with Crippen LogP contribution in [0.2, 0.25) is 0 Å². The van der Waals surface area contributed by atoms with Crippen LogP contribution in [0.3, 0.4) is 0 Å². The Morgan fingerprint density at radius 3 is 2.76 bits per heavy atom. The second kappa shape index (κ2) is 7.52. The monoisotopic (exact) mass is 356 g/mol. The van der Waals surface area contributed by atoms with Crippen molar-refractivity contribution in [3.05, 3.63) is 52.2 Å². The fraction of sp³-hybridized carbons (Fsp3) is 0.350. The summed E-state index contributed by atoms with van der Waals surface area (Å²) in [7, 11) is 1.98. The standard InChI is InChI=1S/C20H24N2O2S/c1-13-8-9-16(21-10-11-22(3)12-14(2)23)18-19(24)15-6-4-5-7-17(15)25-20(13)18/h4-9,14,21,23H,10-12H2,1-3H3/t14-/m0/s1. The number of aliphatic hydroxyl groups excluding tert-OH is 1. The van der Waals surface area contributed by atoms with E-state index in [-0.39, 0.29) is 11.5 Å². The molecular formula is C20H24N2O2S. The molecule has 2 N–H and O–H groups in total. The van der Waals surface area contributed by atoms with E-state index in [9.17, 15) is 9.90 Å². The first-order chi connectivity index (χ1) is 12.0. The Hall–Kier alpha value is -1.95. The third kappa shape index (κ3) is 3.84. The fourth-order valence-corrected chi connectivity index (χ4v) is 4.27. The number of anilines is 1. The van der Waals surface area contributed by atoms with Gasteiger partial charge >= 0.3 is 0 Å². The maximum absolute atomic E-state index is 13.0. The second-order valence-electron chi connectivity index (χ2n) is 6.60. The lowest BCUT2D eigenvalue weighted by atomic mass is 10.1. The highest BCUT2D eigenvalue weighted by Crippen LogP contribution is 2.31. The Labute approximate surface area is 151 Å². The van der Waals surface area contributed by atoms with E-state index in [4.69, 9.17) is 0 Å². The van der Waals surface area contributed by atoms with Gasteiger partial charge in [0.15, 0.2) is 5.43 Å². The molecule has 2 aromatic carbocycles. The maximum Gasteiger partial charge on any atom is 0.197 e. The van der Waals surface area contributed by atoms with Gasteiger partial charge in [0, 0.05) is 40.1 Å². The van der Waals surface area contributed by atoms with Crippen molar-refractivity contribution < 1.29 is 5.11 Å². The molecule has 3 aromatic rings. The summed E-state index contributed by atoms with van der Waals surface area (Å²) in [5.41, 5.74) is 2.10. The van der Waals surface area contributed by atoms with Crippen molar-refractivity contribution in [1.82, 2.24) is 4.90 Å². The minimum Gasteiger partial charge on any atom is -0.392 e. The topological polar surface area (TPSA) is 52.6 Å². The first kappa shape index (κ1) is 17.9. The van der Waals surface area contributed by atoms with Gasteiger partial charge in [-0.3, -0.25) is 4.79 Å². The Morgan fingerprint density at radius 2 is 2.00 bits per heavy atom. The van der Waals surface area contributed by atoms with Crippen molar-refractivity contribution in [2.24, 2.45) is 0 Å². The van der Waals surface area contributed by atoms with E-state index < -0.39 is 0 Å². The van der Waals surface area contributed by atoms with E-state index >= 15 is 0 Å². The minimum atomic E-state index is -0.341. The average Bonchev–Trinajstić information content (AvgIpc) is 2.57. The quantitative estimate of drug-likeness (QED) is 0.664. The van der Waals surface area contributed by atoms with Gasteiger partial charge in [0.1, 0.15) is 0 Å². The predicted molar refractivity (Wildman–Crippen MR) is 108 cm³/mol. The number of aliphatic hydroxyl groups is 1. The van der Waals surface area contributed by atoms with Crippen LogP contribution in [0, 0.1) is 6.92 Å². The molecule has 0 aliphatic rings. The highest BCUT2D eigenvalue weighted by Gasteiger charge is 2.12. The molecule has 0 aliphatic carbocycles. The molecule has 1 atom stereocenters. The van der Waals surface area contributed by atoms with Gasteiger partial charge in [-0.2, -0.15) is 0 Å². The van der Waals surface area contributed by atoms with Crippen molar-refractivity contribution in [2.45, 2.75) is 20.0 Å². The van der Waals surface area contributed by atoms with E-state index in [1.54, 1.807) is 18.3 Å². The van der Waals surface area contributed by atoms with E-state index in [0.717, 1.165) is 44.5 Å². The highest BCUT2D eigenvalue weighted by molar-refractivity contribution is 7.24. The minimum absolute atomic E-state index is 0.0906. The summed E-state index contributed by atoms with van der Waals surface area (Å²) in [6.45, 7) is 5.99. The van der Waals surface area contributed by atoms with Crippen molar-refractivity contribution in [3.8, 4) is 0 Å². The zero-order chi connectivity index (χ0) is 18.0. The summed E-state index contributed by atoms with van der Waals surface area (Å²) in [5.74, 6) is 0. The number of aryl methyl sites for hydroxylation is 1. The van der Waals surface area contributed by atoms with Gasteiger partial charge in [-0.25, -0.2) is 0 Å². The molecule has 132 valence electrons. The first-order valence-electron chi connectivity index (χ1n) is 8.53. The Bertz CT molecular complexity index is 949. The molecule has 5 heteroatoms. The van der Waals surface area contributed by atoms with Crippen LogP contribution < -0.4 is 10.7 Å². The van der Waals surface area contributed by atoms with Gasteiger partial charge < -0.3 is 15.3 Å². The molecule has 0 saturated carbocycles. The van der Waals surface area contributed by atoms with E-state index in [0.29, 0.717) is 6.54 Å². The van der Waals surface area contributed by atoms with Crippen LogP contribution in [-0.2, 0) is 0 Å². The van der Waals surface area contributed by atoms with Gasteiger partial charge in [-0.05, 0) is 44.7 Å². The lowest BCUT2D eigenvalue weighted by Crippen LogP contribution is -2.31. The third-order valence-corrected chi connectivity index (χ3v) is 5.62. The zero-order valence-electron chi connectivity index (χ0n) is 14.9. The number of likely N-dealkylation sites (N-methyl/N-ethyl adjacent to an activating group) is 1. The lowest BCUT2D eigenvalue weighted by Gasteiger charge is -2.19. The molecule has 0 unspecified atom stereocenters. The fourth-order valence-electron chi connectivity index (χ4n) is 3.10. The van der Waals surface area contributed by atoms with Crippen LogP contribution in [0.4, 0.5) is 5.69 Å². The number of nitrogens with one attached hydrogen (secondary N) is 1. The molecular weight excluding hydrogens is 332 g/mol. The summed E-state index contributed by atoms with van der Waals surface area (Å²) in [5, 5.41) is 14.4.